The third kappa shape index (κ3) is 2.31. The van der Waals surface area contributed by atoms with E-state index in [4.69, 9.17) is 5.73 Å². The van der Waals surface area contributed by atoms with E-state index >= 15 is 0 Å². The van der Waals surface area contributed by atoms with E-state index in [1.807, 2.05) is 22.9 Å². The topological polar surface area (TPSA) is 94.0 Å². The summed E-state index contributed by atoms with van der Waals surface area (Å²) in [6.45, 7) is 0.595. The zero-order valence-electron chi connectivity index (χ0n) is 11.6. The monoisotopic (exact) mass is 286 g/mol. The first kappa shape index (κ1) is 13.8. The Balaban J connectivity index is 1.86. The first-order chi connectivity index (χ1) is 10.2. The van der Waals surface area contributed by atoms with Crippen LogP contribution in [-0.2, 0) is 10.2 Å². The summed E-state index contributed by atoms with van der Waals surface area (Å²) in [5, 5.41) is 9.62. The lowest BCUT2D eigenvalue weighted by Gasteiger charge is -2.09. The summed E-state index contributed by atoms with van der Waals surface area (Å²) in [5.74, 6) is -0.649. The number of imidazole rings is 1. The molecule has 21 heavy (non-hydrogen) atoms. The Kier molecular flexibility index (Phi) is 3.47. The molecule has 0 unspecified atom stereocenters. The predicted molar refractivity (Wildman–Crippen MR) is 77.1 cm³/mol. The van der Waals surface area contributed by atoms with Crippen molar-refractivity contribution in [3.8, 4) is 5.69 Å². The van der Waals surface area contributed by atoms with Gasteiger partial charge in [0, 0.05) is 24.3 Å². The van der Waals surface area contributed by atoms with Crippen molar-refractivity contribution in [2.75, 3.05) is 6.54 Å². The molecule has 0 bridgehead atoms. The average Bonchev–Trinajstić information content (AvgIpc) is 3.03. The van der Waals surface area contributed by atoms with Gasteiger partial charge in [0.15, 0.2) is 0 Å². The number of aromatic nitrogens is 3. The van der Waals surface area contributed by atoms with Crippen LogP contribution in [0.3, 0.4) is 0 Å². The van der Waals surface area contributed by atoms with Crippen LogP contribution in [-0.4, -0.2) is 32.2 Å². The molecule has 6 nitrogen and oxygen atoms in total. The summed E-state index contributed by atoms with van der Waals surface area (Å²) >= 11 is 0. The number of hydrogen-bond donors (Lipinski definition) is 2. The van der Waals surface area contributed by atoms with E-state index in [1.165, 1.54) is 0 Å². The summed E-state index contributed by atoms with van der Waals surface area (Å²) in [6.07, 6.45) is 9.21. The highest BCUT2D eigenvalue weighted by Gasteiger charge is 2.62. The zero-order valence-corrected chi connectivity index (χ0v) is 11.6. The number of pyridine rings is 1. The largest absolute Gasteiger partial charge is 0.481 e. The van der Waals surface area contributed by atoms with Crippen LogP contribution in [0.4, 0.5) is 0 Å². The van der Waals surface area contributed by atoms with Gasteiger partial charge in [-0.2, -0.15) is 0 Å². The Morgan fingerprint density at radius 2 is 2.24 bits per heavy atom. The molecule has 0 spiro atoms. The van der Waals surface area contributed by atoms with Crippen molar-refractivity contribution < 1.29 is 9.90 Å². The first-order valence-electron chi connectivity index (χ1n) is 7.07. The van der Waals surface area contributed by atoms with Crippen molar-refractivity contribution in [2.24, 2.45) is 11.7 Å². The van der Waals surface area contributed by atoms with Crippen LogP contribution in [0.5, 0.6) is 0 Å². The summed E-state index contributed by atoms with van der Waals surface area (Å²) < 4.78 is 1.83. The number of rotatable bonds is 6. The number of carboxylic acids is 1. The molecule has 1 saturated carbocycles. The molecular formula is C15H18N4O2. The SMILES string of the molecule is NCCC[C@H]1C[C@]1(C(=O)O)c1cn(-c2ccncc2)cn1. The van der Waals surface area contributed by atoms with Gasteiger partial charge in [0.1, 0.15) is 5.41 Å². The van der Waals surface area contributed by atoms with E-state index in [9.17, 15) is 9.90 Å². The average molecular weight is 286 g/mol. The maximum Gasteiger partial charge on any atom is 0.316 e. The van der Waals surface area contributed by atoms with Crippen LogP contribution in [0.25, 0.3) is 5.69 Å². The van der Waals surface area contributed by atoms with Crippen LogP contribution >= 0.6 is 0 Å². The lowest BCUT2D eigenvalue weighted by atomic mass is 9.98. The standard InChI is InChI=1S/C15H18N4O2/c16-5-1-2-11-8-15(11,14(20)21)13-9-19(10-18-13)12-3-6-17-7-4-12/h3-4,6-7,9-11H,1-2,5,8,16H2,(H,20,21)/t11-,15+/m0/s1. The zero-order chi connectivity index (χ0) is 14.9. The summed E-state index contributed by atoms with van der Waals surface area (Å²) in [4.78, 5) is 20.0. The molecule has 6 heteroatoms. The molecule has 2 aromatic rings. The van der Waals surface area contributed by atoms with Crippen molar-refractivity contribution in [3.05, 3.63) is 42.7 Å². The van der Waals surface area contributed by atoms with Crippen LogP contribution < -0.4 is 5.73 Å². The molecule has 3 N–H and O–H groups in total. The highest BCUT2D eigenvalue weighted by Crippen LogP contribution is 2.56. The second-order valence-electron chi connectivity index (χ2n) is 5.48. The van der Waals surface area contributed by atoms with Gasteiger partial charge in [-0.3, -0.25) is 9.78 Å². The second-order valence-corrected chi connectivity index (χ2v) is 5.48. The smallest absolute Gasteiger partial charge is 0.316 e. The van der Waals surface area contributed by atoms with Gasteiger partial charge in [-0.1, -0.05) is 0 Å². The number of carbonyl (C=O) groups is 1. The Labute approximate surface area is 122 Å². The Bertz CT molecular complexity index is 640. The summed E-state index contributed by atoms with van der Waals surface area (Å²) in [6, 6.07) is 3.72. The number of hydrogen-bond acceptors (Lipinski definition) is 4. The van der Waals surface area contributed by atoms with Gasteiger partial charge in [-0.25, -0.2) is 4.98 Å². The minimum atomic E-state index is -0.826. The molecule has 2 aromatic heterocycles. The van der Waals surface area contributed by atoms with Crippen molar-refractivity contribution in [2.45, 2.75) is 24.7 Å². The summed E-state index contributed by atoms with van der Waals surface area (Å²) in [7, 11) is 0. The lowest BCUT2D eigenvalue weighted by molar-refractivity contribution is -0.140. The third-order valence-electron chi connectivity index (χ3n) is 4.24. The fraction of sp³-hybridized carbons (Fsp3) is 0.400. The molecule has 2 atom stereocenters. The number of nitrogens with two attached hydrogens (primary N) is 1. The minimum Gasteiger partial charge on any atom is -0.481 e. The van der Waals surface area contributed by atoms with Crippen LogP contribution in [0.15, 0.2) is 37.1 Å². The highest BCUT2D eigenvalue weighted by molar-refractivity contribution is 5.85. The third-order valence-corrected chi connectivity index (χ3v) is 4.24. The van der Waals surface area contributed by atoms with Gasteiger partial charge >= 0.3 is 5.97 Å². The van der Waals surface area contributed by atoms with Gasteiger partial charge in [0.25, 0.3) is 0 Å². The second kappa shape index (κ2) is 5.29. The van der Waals surface area contributed by atoms with E-state index in [2.05, 4.69) is 9.97 Å². The van der Waals surface area contributed by atoms with Crippen molar-refractivity contribution >= 4 is 5.97 Å². The maximum absolute atomic E-state index is 11.7. The van der Waals surface area contributed by atoms with Gasteiger partial charge in [-0.05, 0) is 43.9 Å². The normalized spacial score (nSPS) is 24.0. The molecular weight excluding hydrogens is 268 g/mol. The van der Waals surface area contributed by atoms with Crippen LogP contribution in [0.2, 0.25) is 0 Å². The van der Waals surface area contributed by atoms with Crippen LogP contribution in [0, 0.1) is 5.92 Å². The number of carboxylic acid groups (broad SMARTS) is 1. The van der Waals surface area contributed by atoms with Gasteiger partial charge < -0.3 is 15.4 Å². The van der Waals surface area contributed by atoms with E-state index < -0.39 is 11.4 Å². The predicted octanol–water partition coefficient (Wildman–Crippen LogP) is 1.35. The molecule has 3 rings (SSSR count). The lowest BCUT2D eigenvalue weighted by Crippen LogP contribution is -2.23. The van der Waals surface area contributed by atoms with E-state index in [0.29, 0.717) is 18.7 Å². The van der Waals surface area contributed by atoms with E-state index in [1.54, 1.807) is 18.7 Å². The first-order valence-corrected chi connectivity index (χ1v) is 7.07. The molecule has 2 heterocycles. The molecule has 0 aliphatic heterocycles. The van der Waals surface area contributed by atoms with E-state index in [-0.39, 0.29) is 5.92 Å². The molecule has 110 valence electrons. The molecule has 1 fully saturated rings. The Morgan fingerprint density at radius 3 is 2.90 bits per heavy atom. The quantitative estimate of drug-likeness (QED) is 0.836. The van der Waals surface area contributed by atoms with Gasteiger partial charge in [0.05, 0.1) is 12.0 Å². The fourth-order valence-electron chi connectivity index (χ4n) is 2.94. The minimum absolute atomic E-state index is 0.138. The Hall–Kier alpha value is -2.21. The van der Waals surface area contributed by atoms with Crippen LogP contribution in [0.1, 0.15) is 25.0 Å². The van der Waals surface area contributed by atoms with E-state index in [0.717, 1.165) is 18.5 Å². The summed E-state index contributed by atoms with van der Waals surface area (Å²) in [5.41, 5.74) is 6.24. The van der Waals surface area contributed by atoms with Gasteiger partial charge in [0.2, 0.25) is 0 Å². The molecule has 1 aliphatic carbocycles. The molecule has 0 saturated heterocycles. The molecule has 1 aliphatic rings. The van der Waals surface area contributed by atoms with Crippen molar-refractivity contribution in [3.63, 3.8) is 0 Å². The maximum atomic E-state index is 11.7. The van der Waals surface area contributed by atoms with Crippen molar-refractivity contribution in [1.29, 1.82) is 0 Å². The highest BCUT2D eigenvalue weighted by atomic mass is 16.4. The molecule has 0 aromatic carbocycles. The fourth-order valence-corrected chi connectivity index (χ4v) is 2.94. The van der Waals surface area contributed by atoms with Crippen molar-refractivity contribution in [1.82, 2.24) is 14.5 Å². The van der Waals surface area contributed by atoms with Gasteiger partial charge in [-0.15, -0.1) is 0 Å². The number of aliphatic carboxylic acids is 1. The Morgan fingerprint density at radius 1 is 1.48 bits per heavy atom. The molecule has 0 amide bonds. The molecule has 0 radical (unpaired) electrons. The number of nitrogens with zero attached hydrogens (tertiary/aromatic N) is 3.